The van der Waals surface area contributed by atoms with Gasteiger partial charge in [-0.15, -0.1) is 0 Å². The lowest BCUT2D eigenvalue weighted by Crippen LogP contribution is -2.53. The van der Waals surface area contributed by atoms with Crippen LogP contribution in [0.15, 0.2) is 36.4 Å². The van der Waals surface area contributed by atoms with Crippen molar-refractivity contribution in [1.82, 2.24) is 10.3 Å². The summed E-state index contributed by atoms with van der Waals surface area (Å²) in [5.41, 5.74) is 4.44. The predicted octanol–water partition coefficient (Wildman–Crippen LogP) is 1.94. The minimum Gasteiger partial charge on any atom is -0.368 e. The van der Waals surface area contributed by atoms with Gasteiger partial charge in [-0.2, -0.15) is 0 Å². The smallest absolute Gasteiger partial charge is 0.311 e. The van der Waals surface area contributed by atoms with Gasteiger partial charge in [0, 0.05) is 50.2 Å². The van der Waals surface area contributed by atoms with Crippen molar-refractivity contribution in [2.45, 2.75) is 18.5 Å². The summed E-state index contributed by atoms with van der Waals surface area (Å²) in [6.45, 7) is 3.73. The number of nitro groups is 1. The molecule has 11 heteroatoms. The molecule has 2 aromatic rings. The Morgan fingerprint density at radius 3 is 2.53 bits per heavy atom. The van der Waals surface area contributed by atoms with Gasteiger partial charge in [0.05, 0.1) is 11.5 Å². The zero-order valence-corrected chi connectivity index (χ0v) is 17.6. The van der Waals surface area contributed by atoms with Crippen LogP contribution in [0.4, 0.5) is 33.1 Å². The number of nitrogens with one attached hydrogen (secondary N) is 2. The number of amides is 1. The molecule has 4 rings (SSSR count). The zero-order valence-electron chi connectivity index (χ0n) is 17.6. The number of hydrogen-bond donors (Lipinski definition) is 3. The molecule has 3 heterocycles. The summed E-state index contributed by atoms with van der Waals surface area (Å²) >= 11 is 0. The van der Waals surface area contributed by atoms with Crippen molar-refractivity contribution in [3.63, 3.8) is 0 Å². The summed E-state index contributed by atoms with van der Waals surface area (Å²) < 4.78 is 14.7. The zero-order chi connectivity index (χ0) is 22.7. The van der Waals surface area contributed by atoms with Crippen LogP contribution in [0.25, 0.3) is 0 Å². The molecular formula is C21H26FN7O3. The molecule has 2 fully saturated rings. The minimum absolute atomic E-state index is 0.0884. The number of alkyl halides is 1. The topological polar surface area (TPSA) is 130 Å². The van der Waals surface area contributed by atoms with Gasteiger partial charge in [-0.3, -0.25) is 14.9 Å². The first-order valence-corrected chi connectivity index (χ1v) is 10.6. The number of halogens is 1. The average Bonchev–Trinajstić information content (AvgIpc) is 2.80. The summed E-state index contributed by atoms with van der Waals surface area (Å²) in [5.74, 6) is -0.105. The fraction of sp³-hybridized carbons (Fsp3) is 0.429. The van der Waals surface area contributed by atoms with Crippen molar-refractivity contribution in [2.24, 2.45) is 5.73 Å². The Bertz CT molecular complexity index is 997. The van der Waals surface area contributed by atoms with E-state index >= 15 is 0 Å². The second kappa shape index (κ2) is 8.95. The second-order valence-electron chi connectivity index (χ2n) is 8.06. The number of anilines is 4. The highest BCUT2D eigenvalue weighted by Crippen LogP contribution is 2.32. The summed E-state index contributed by atoms with van der Waals surface area (Å²) in [6.07, 6.45) is 0.644. The van der Waals surface area contributed by atoms with E-state index in [1.54, 1.807) is 35.2 Å². The lowest BCUT2D eigenvalue weighted by molar-refractivity contribution is -0.384. The largest absolute Gasteiger partial charge is 0.368 e. The average molecular weight is 443 g/mol. The van der Waals surface area contributed by atoms with Crippen molar-refractivity contribution in [2.75, 3.05) is 54.4 Å². The van der Waals surface area contributed by atoms with Crippen molar-refractivity contribution in [1.29, 1.82) is 0 Å². The summed E-state index contributed by atoms with van der Waals surface area (Å²) in [6, 6.07) is 10.2. The van der Waals surface area contributed by atoms with Gasteiger partial charge < -0.3 is 26.2 Å². The first-order valence-electron chi connectivity index (χ1n) is 10.6. The van der Waals surface area contributed by atoms with Crippen LogP contribution in [-0.2, 0) is 4.79 Å². The summed E-state index contributed by atoms with van der Waals surface area (Å²) in [4.78, 5) is 30.9. The molecule has 1 unspecified atom stereocenters. The number of piperidine rings is 1. The van der Waals surface area contributed by atoms with Crippen LogP contribution < -0.4 is 26.2 Å². The van der Waals surface area contributed by atoms with Gasteiger partial charge in [0.25, 0.3) is 5.91 Å². The number of carbonyl (C=O) groups excluding carboxylic acids is 1. The lowest BCUT2D eigenvalue weighted by Gasteiger charge is -2.36. The SMILES string of the molecule is NC(=O)C1(F)CCCN(c2ccc(Nc3nc(N4CCNCC4)ccc3[N+](=O)[O-])cc2)C1. The monoisotopic (exact) mass is 443 g/mol. The Hall–Kier alpha value is -3.47. The standard InChI is InChI=1S/C21H26FN7O3/c22-21(20(23)30)8-1-11-28(14-21)16-4-2-15(3-5-16)25-19-17(29(31)32)6-7-18(26-19)27-12-9-24-10-13-27/h2-7,24H,1,8-14H2,(H2,23,30)(H,25,26). The molecule has 10 nitrogen and oxygen atoms in total. The van der Waals surface area contributed by atoms with Crippen LogP contribution in [0.5, 0.6) is 0 Å². The highest BCUT2D eigenvalue weighted by molar-refractivity contribution is 5.84. The van der Waals surface area contributed by atoms with Gasteiger partial charge in [-0.05, 0) is 43.2 Å². The van der Waals surface area contributed by atoms with E-state index in [0.29, 0.717) is 24.5 Å². The van der Waals surface area contributed by atoms with E-state index in [9.17, 15) is 19.3 Å². The van der Waals surface area contributed by atoms with Gasteiger partial charge >= 0.3 is 5.69 Å². The van der Waals surface area contributed by atoms with Crippen molar-refractivity contribution in [3.8, 4) is 0 Å². The van der Waals surface area contributed by atoms with E-state index in [2.05, 4.69) is 20.5 Å². The fourth-order valence-corrected chi connectivity index (χ4v) is 4.08. The first-order chi connectivity index (χ1) is 15.4. The van der Waals surface area contributed by atoms with Gasteiger partial charge in [0.15, 0.2) is 0 Å². The number of carbonyl (C=O) groups is 1. The number of nitrogens with two attached hydrogens (primary N) is 1. The maximum absolute atomic E-state index is 14.7. The molecule has 1 aromatic carbocycles. The molecular weight excluding hydrogens is 417 g/mol. The molecule has 2 aliphatic rings. The van der Waals surface area contributed by atoms with E-state index in [1.807, 2.05) is 0 Å². The number of rotatable bonds is 6. The number of benzene rings is 1. The molecule has 0 radical (unpaired) electrons. The van der Waals surface area contributed by atoms with Crippen molar-refractivity contribution in [3.05, 3.63) is 46.5 Å². The predicted molar refractivity (Wildman–Crippen MR) is 120 cm³/mol. The van der Waals surface area contributed by atoms with Crippen molar-refractivity contribution >= 4 is 34.6 Å². The maximum Gasteiger partial charge on any atom is 0.311 e. The number of aromatic nitrogens is 1. The number of piperazine rings is 1. The van der Waals surface area contributed by atoms with Gasteiger partial charge in [0.1, 0.15) is 5.82 Å². The molecule has 2 aliphatic heterocycles. The Balaban J connectivity index is 1.52. The van der Waals surface area contributed by atoms with Crippen LogP contribution in [0.1, 0.15) is 12.8 Å². The number of pyridine rings is 1. The van der Waals surface area contributed by atoms with E-state index < -0.39 is 16.5 Å². The highest BCUT2D eigenvalue weighted by atomic mass is 19.1. The third-order valence-electron chi connectivity index (χ3n) is 5.88. The molecule has 0 aliphatic carbocycles. The van der Waals surface area contributed by atoms with Gasteiger partial charge in [0.2, 0.25) is 11.5 Å². The molecule has 1 aromatic heterocycles. The third-order valence-corrected chi connectivity index (χ3v) is 5.88. The highest BCUT2D eigenvalue weighted by Gasteiger charge is 2.41. The number of primary amides is 1. The third kappa shape index (κ3) is 4.57. The molecule has 1 atom stereocenters. The molecule has 170 valence electrons. The van der Waals surface area contributed by atoms with E-state index in [4.69, 9.17) is 5.73 Å². The van der Waals surface area contributed by atoms with Crippen LogP contribution in [0.2, 0.25) is 0 Å². The molecule has 32 heavy (non-hydrogen) atoms. The Labute approximate surface area is 184 Å². The minimum atomic E-state index is -2.04. The lowest BCUT2D eigenvalue weighted by atomic mass is 9.93. The van der Waals surface area contributed by atoms with Gasteiger partial charge in [-0.1, -0.05) is 0 Å². The molecule has 0 spiro atoms. The van der Waals surface area contributed by atoms with Crippen LogP contribution in [-0.4, -0.2) is 60.8 Å². The summed E-state index contributed by atoms with van der Waals surface area (Å²) in [5, 5.41) is 17.8. The second-order valence-corrected chi connectivity index (χ2v) is 8.06. The molecule has 2 saturated heterocycles. The Morgan fingerprint density at radius 2 is 1.88 bits per heavy atom. The normalized spacial score (nSPS) is 21.3. The van der Waals surface area contributed by atoms with E-state index in [-0.39, 0.29) is 24.5 Å². The Morgan fingerprint density at radius 1 is 1.16 bits per heavy atom. The van der Waals surface area contributed by atoms with Crippen LogP contribution in [0.3, 0.4) is 0 Å². The van der Waals surface area contributed by atoms with Crippen LogP contribution in [0, 0.1) is 10.1 Å². The molecule has 1 amide bonds. The molecule has 0 bridgehead atoms. The van der Waals surface area contributed by atoms with E-state index in [1.165, 1.54) is 6.07 Å². The summed E-state index contributed by atoms with van der Waals surface area (Å²) in [7, 11) is 0. The van der Waals surface area contributed by atoms with Crippen LogP contribution >= 0.6 is 0 Å². The molecule has 4 N–H and O–H groups in total. The quantitative estimate of drug-likeness (QED) is 0.456. The number of hydrogen-bond acceptors (Lipinski definition) is 8. The fourth-order valence-electron chi connectivity index (χ4n) is 4.08. The molecule has 0 saturated carbocycles. The maximum atomic E-state index is 14.7. The first kappa shape index (κ1) is 21.8. The van der Waals surface area contributed by atoms with Crippen molar-refractivity contribution < 1.29 is 14.1 Å². The van der Waals surface area contributed by atoms with E-state index in [0.717, 1.165) is 31.9 Å². The Kier molecular flexibility index (Phi) is 6.08. The van der Waals surface area contributed by atoms with Gasteiger partial charge in [-0.25, -0.2) is 9.37 Å². The number of nitrogens with zero attached hydrogens (tertiary/aromatic N) is 4.